The highest BCUT2D eigenvalue weighted by atomic mass is 14.8. The van der Waals surface area contributed by atoms with Gasteiger partial charge in [0, 0.05) is 5.54 Å². The van der Waals surface area contributed by atoms with Gasteiger partial charge in [0.15, 0.2) is 0 Å². The van der Waals surface area contributed by atoms with E-state index in [2.05, 4.69) is 0 Å². The highest BCUT2D eigenvalue weighted by molar-refractivity contribution is 5.04. The minimum atomic E-state index is 0.333. The van der Waals surface area contributed by atoms with Crippen molar-refractivity contribution in [2.24, 2.45) is 11.7 Å². The molecular weight excluding hydrogens is 98.1 g/mol. The fourth-order valence-corrected chi connectivity index (χ4v) is 2.16. The summed E-state index contributed by atoms with van der Waals surface area (Å²) in [6.07, 6.45) is 6.82. The highest BCUT2D eigenvalue weighted by Crippen LogP contribution is 2.48. The molecule has 46 valence electrons. The molecule has 2 aliphatic carbocycles. The number of fused-ring (bicyclic) bond motifs is 1. The average Bonchev–Trinajstić information content (AvgIpc) is 1.94. The summed E-state index contributed by atoms with van der Waals surface area (Å²) in [4.78, 5) is 0. The van der Waals surface area contributed by atoms with Gasteiger partial charge in [-0.3, -0.25) is 0 Å². The van der Waals surface area contributed by atoms with Gasteiger partial charge in [0.1, 0.15) is 0 Å². The first-order valence-electron chi connectivity index (χ1n) is 3.60. The minimum Gasteiger partial charge on any atom is -0.325 e. The van der Waals surface area contributed by atoms with E-state index in [-0.39, 0.29) is 0 Å². The van der Waals surface area contributed by atoms with Crippen molar-refractivity contribution in [3.05, 3.63) is 0 Å². The molecule has 0 aromatic heterocycles. The van der Waals surface area contributed by atoms with E-state index in [9.17, 15) is 0 Å². The zero-order valence-corrected chi connectivity index (χ0v) is 5.19. The first-order valence-corrected chi connectivity index (χ1v) is 3.60. The molecule has 0 saturated heterocycles. The second kappa shape index (κ2) is 1.27. The van der Waals surface area contributed by atoms with Crippen LogP contribution < -0.4 is 5.73 Å². The van der Waals surface area contributed by atoms with Gasteiger partial charge in [0.05, 0.1) is 0 Å². The lowest BCUT2D eigenvalue weighted by molar-refractivity contribution is 0.166. The first kappa shape index (κ1) is 4.80. The molecule has 0 heterocycles. The van der Waals surface area contributed by atoms with Crippen LogP contribution in [0.4, 0.5) is 0 Å². The molecule has 2 unspecified atom stereocenters. The maximum Gasteiger partial charge on any atom is 0.0183 e. The Bertz CT molecular complexity index is 111. The molecule has 0 amide bonds. The Morgan fingerprint density at radius 2 is 2.12 bits per heavy atom. The molecule has 0 aromatic rings. The van der Waals surface area contributed by atoms with E-state index in [0.717, 1.165) is 5.92 Å². The topological polar surface area (TPSA) is 26.0 Å². The van der Waals surface area contributed by atoms with Crippen LogP contribution in [0.15, 0.2) is 0 Å². The van der Waals surface area contributed by atoms with Crippen LogP contribution in [0.1, 0.15) is 32.1 Å². The SMILES string of the molecule is NC12CCCC1CC2. The van der Waals surface area contributed by atoms with Crippen molar-refractivity contribution in [2.45, 2.75) is 37.6 Å². The summed E-state index contributed by atoms with van der Waals surface area (Å²) < 4.78 is 0. The van der Waals surface area contributed by atoms with E-state index in [1.54, 1.807) is 0 Å². The molecule has 1 nitrogen and oxygen atoms in total. The van der Waals surface area contributed by atoms with Crippen molar-refractivity contribution in [1.29, 1.82) is 0 Å². The molecule has 2 saturated carbocycles. The van der Waals surface area contributed by atoms with Crippen molar-refractivity contribution in [2.75, 3.05) is 0 Å². The van der Waals surface area contributed by atoms with Gasteiger partial charge in [0.25, 0.3) is 0 Å². The monoisotopic (exact) mass is 111 g/mol. The lowest BCUT2D eigenvalue weighted by Gasteiger charge is -2.41. The van der Waals surface area contributed by atoms with E-state index in [4.69, 9.17) is 5.73 Å². The van der Waals surface area contributed by atoms with Crippen LogP contribution in [-0.4, -0.2) is 5.54 Å². The van der Waals surface area contributed by atoms with Gasteiger partial charge < -0.3 is 5.73 Å². The summed E-state index contributed by atoms with van der Waals surface area (Å²) in [5.74, 6) is 0.919. The van der Waals surface area contributed by atoms with Gasteiger partial charge >= 0.3 is 0 Å². The number of rotatable bonds is 0. The summed E-state index contributed by atoms with van der Waals surface area (Å²) >= 11 is 0. The first-order chi connectivity index (χ1) is 3.81. The second-order valence-electron chi connectivity index (χ2n) is 3.36. The molecule has 1 heteroatoms. The smallest absolute Gasteiger partial charge is 0.0183 e. The fraction of sp³-hybridized carbons (Fsp3) is 1.00. The highest BCUT2D eigenvalue weighted by Gasteiger charge is 2.46. The van der Waals surface area contributed by atoms with E-state index >= 15 is 0 Å². The normalized spacial score (nSPS) is 52.9. The summed E-state index contributed by atoms with van der Waals surface area (Å²) in [5.41, 5.74) is 6.34. The number of nitrogens with two attached hydrogens (primary N) is 1. The number of hydrogen-bond acceptors (Lipinski definition) is 1. The van der Waals surface area contributed by atoms with Crippen molar-refractivity contribution in [3.63, 3.8) is 0 Å². The summed E-state index contributed by atoms with van der Waals surface area (Å²) in [6, 6.07) is 0. The molecule has 0 aromatic carbocycles. The van der Waals surface area contributed by atoms with Crippen molar-refractivity contribution < 1.29 is 0 Å². The standard InChI is InChI=1S/C7H13N/c8-7-4-1-2-6(7)3-5-7/h6H,1-5,8H2. The molecule has 0 aliphatic heterocycles. The van der Waals surface area contributed by atoms with Gasteiger partial charge in [-0.1, -0.05) is 6.42 Å². The predicted octanol–water partition coefficient (Wildman–Crippen LogP) is 1.28. The molecule has 0 radical (unpaired) electrons. The molecular formula is C7H13N. The van der Waals surface area contributed by atoms with Crippen LogP contribution in [0, 0.1) is 5.92 Å². The Morgan fingerprint density at radius 1 is 1.25 bits per heavy atom. The van der Waals surface area contributed by atoms with Gasteiger partial charge in [-0.15, -0.1) is 0 Å². The van der Waals surface area contributed by atoms with Gasteiger partial charge in [-0.2, -0.15) is 0 Å². The van der Waals surface area contributed by atoms with Gasteiger partial charge in [-0.05, 0) is 31.6 Å². The molecule has 0 spiro atoms. The summed E-state index contributed by atoms with van der Waals surface area (Å²) in [5, 5.41) is 0. The van der Waals surface area contributed by atoms with Crippen LogP contribution in [-0.2, 0) is 0 Å². The Labute approximate surface area is 50.3 Å². The predicted molar refractivity (Wildman–Crippen MR) is 33.5 cm³/mol. The Hall–Kier alpha value is -0.0400. The second-order valence-corrected chi connectivity index (χ2v) is 3.36. The molecule has 0 bridgehead atoms. The average molecular weight is 111 g/mol. The van der Waals surface area contributed by atoms with Crippen LogP contribution in [0.3, 0.4) is 0 Å². The Morgan fingerprint density at radius 3 is 2.38 bits per heavy atom. The van der Waals surface area contributed by atoms with E-state index < -0.39 is 0 Å². The quantitative estimate of drug-likeness (QED) is 0.500. The molecule has 2 rings (SSSR count). The van der Waals surface area contributed by atoms with Crippen LogP contribution >= 0.6 is 0 Å². The van der Waals surface area contributed by atoms with Crippen molar-refractivity contribution in [3.8, 4) is 0 Å². The van der Waals surface area contributed by atoms with Crippen molar-refractivity contribution >= 4 is 0 Å². The molecule has 2 aliphatic rings. The maximum atomic E-state index is 6.01. The van der Waals surface area contributed by atoms with Gasteiger partial charge in [0.2, 0.25) is 0 Å². The van der Waals surface area contributed by atoms with E-state index in [1.165, 1.54) is 32.1 Å². The van der Waals surface area contributed by atoms with Crippen LogP contribution in [0.5, 0.6) is 0 Å². The number of hydrogen-bond donors (Lipinski definition) is 1. The van der Waals surface area contributed by atoms with E-state index in [1.807, 2.05) is 0 Å². The zero-order valence-electron chi connectivity index (χ0n) is 5.19. The van der Waals surface area contributed by atoms with Crippen LogP contribution in [0.2, 0.25) is 0 Å². The van der Waals surface area contributed by atoms with Crippen molar-refractivity contribution in [1.82, 2.24) is 0 Å². The lowest BCUT2D eigenvalue weighted by atomic mass is 9.70. The zero-order chi connectivity index (χ0) is 5.61. The summed E-state index contributed by atoms with van der Waals surface area (Å²) in [7, 11) is 0. The minimum absolute atomic E-state index is 0.333. The van der Waals surface area contributed by atoms with Crippen LogP contribution in [0.25, 0.3) is 0 Å². The Balaban J connectivity index is 2.14. The third kappa shape index (κ3) is 0.408. The maximum absolute atomic E-state index is 6.01. The van der Waals surface area contributed by atoms with Gasteiger partial charge in [-0.25, -0.2) is 0 Å². The Kier molecular flexibility index (Phi) is 0.762. The molecule has 2 fully saturated rings. The van der Waals surface area contributed by atoms with E-state index in [0.29, 0.717) is 5.54 Å². The third-order valence-electron chi connectivity index (χ3n) is 2.97. The lowest BCUT2D eigenvalue weighted by Crippen LogP contribution is -2.51. The fourth-order valence-electron chi connectivity index (χ4n) is 2.16. The largest absolute Gasteiger partial charge is 0.325 e. The molecule has 2 atom stereocenters. The molecule has 8 heavy (non-hydrogen) atoms. The summed E-state index contributed by atoms with van der Waals surface area (Å²) in [6.45, 7) is 0. The molecule has 2 N–H and O–H groups in total. The third-order valence-corrected chi connectivity index (χ3v) is 2.97.